The summed E-state index contributed by atoms with van der Waals surface area (Å²) >= 11 is 0. The molecule has 2 aliphatic rings. The molecule has 0 aromatic heterocycles. The van der Waals surface area contributed by atoms with E-state index in [1.54, 1.807) is 0 Å². The van der Waals surface area contributed by atoms with Crippen LogP contribution in [0.1, 0.15) is 60.9 Å². The standard InChI is InChI=1S/C42H42N2/c1-31-15-11-12-20-37(31)38-29-42(3,28-27-32(38)2)39-21-13-14-22-40(39)44(4)36-25-23-35(24-26-36)41(34-18-9-6-10-19-34)43-30-33-16-7-5-8-17-33/h5-13,15-21,23-27,29H,14,22,28,30H2,1-4H3/b43-41+. The van der Waals surface area contributed by atoms with Crippen molar-refractivity contribution in [3.63, 3.8) is 0 Å². The Bertz CT molecular complexity index is 1770. The fraction of sp³-hybridized carbons (Fsp3) is 0.214. The normalized spacial score (nSPS) is 18.6. The van der Waals surface area contributed by atoms with E-state index in [1.165, 1.54) is 44.8 Å². The van der Waals surface area contributed by atoms with Gasteiger partial charge in [0.15, 0.2) is 0 Å². The number of hydrogen-bond acceptors (Lipinski definition) is 2. The SMILES string of the molecule is CC1=CCC(C)(C2=C(N(C)c3ccc(/C(=N/Cc4ccccc4)c4ccccc4)cc3)CCC=C2)C=C1c1ccccc1C. The van der Waals surface area contributed by atoms with Gasteiger partial charge in [0.1, 0.15) is 0 Å². The molecule has 0 heterocycles. The second-order valence-corrected chi connectivity index (χ2v) is 12.3. The van der Waals surface area contributed by atoms with Crippen molar-refractivity contribution >= 4 is 17.0 Å². The monoisotopic (exact) mass is 574 g/mol. The summed E-state index contributed by atoms with van der Waals surface area (Å²) < 4.78 is 0. The highest BCUT2D eigenvalue weighted by molar-refractivity contribution is 6.13. The highest BCUT2D eigenvalue weighted by atomic mass is 15.1. The second kappa shape index (κ2) is 12.9. The molecule has 0 N–H and O–H groups in total. The number of aliphatic imine (C=N–C) groups is 1. The van der Waals surface area contributed by atoms with E-state index >= 15 is 0 Å². The van der Waals surface area contributed by atoms with Crippen molar-refractivity contribution < 1.29 is 0 Å². The predicted molar refractivity (Wildman–Crippen MR) is 188 cm³/mol. The van der Waals surface area contributed by atoms with Gasteiger partial charge in [-0.25, -0.2) is 0 Å². The predicted octanol–water partition coefficient (Wildman–Crippen LogP) is 10.5. The Kier molecular flexibility index (Phi) is 8.61. The van der Waals surface area contributed by atoms with E-state index < -0.39 is 0 Å². The molecular weight excluding hydrogens is 532 g/mol. The quantitative estimate of drug-likeness (QED) is 0.191. The van der Waals surface area contributed by atoms with Crippen molar-refractivity contribution in [2.24, 2.45) is 10.4 Å². The van der Waals surface area contributed by atoms with E-state index in [4.69, 9.17) is 4.99 Å². The third kappa shape index (κ3) is 6.17. The van der Waals surface area contributed by atoms with E-state index in [0.29, 0.717) is 6.54 Å². The zero-order valence-electron chi connectivity index (χ0n) is 26.4. The largest absolute Gasteiger partial charge is 0.348 e. The Labute approximate surface area is 263 Å². The summed E-state index contributed by atoms with van der Waals surface area (Å²) in [5, 5.41) is 0. The lowest BCUT2D eigenvalue weighted by Crippen LogP contribution is -2.27. The van der Waals surface area contributed by atoms with Crippen LogP contribution in [0.2, 0.25) is 0 Å². The van der Waals surface area contributed by atoms with Crippen molar-refractivity contribution in [2.75, 3.05) is 11.9 Å². The van der Waals surface area contributed by atoms with Gasteiger partial charge in [0.25, 0.3) is 0 Å². The Morgan fingerprint density at radius 3 is 2.18 bits per heavy atom. The summed E-state index contributed by atoms with van der Waals surface area (Å²) in [6, 6.07) is 38.7. The molecule has 0 fully saturated rings. The van der Waals surface area contributed by atoms with Crippen LogP contribution in [0.3, 0.4) is 0 Å². The van der Waals surface area contributed by atoms with Gasteiger partial charge < -0.3 is 4.90 Å². The van der Waals surface area contributed by atoms with Crippen LogP contribution in [0.25, 0.3) is 5.57 Å². The summed E-state index contributed by atoms with van der Waals surface area (Å²) in [4.78, 5) is 7.50. The minimum atomic E-state index is -0.0812. The maximum atomic E-state index is 5.10. The molecule has 0 amide bonds. The topological polar surface area (TPSA) is 15.6 Å². The Morgan fingerprint density at radius 2 is 1.45 bits per heavy atom. The maximum Gasteiger partial charge on any atom is 0.0723 e. The molecule has 0 saturated heterocycles. The molecule has 220 valence electrons. The smallest absolute Gasteiger partial charge is 0.0723 e. The van der Waals surface area contributed by atoms with Gasteiger partial charge in [0.05, 0.1) is 12.3 Å². The van der Waals surface area contributed by atoms with Crippen molar-refractivity contribution in [2.45, 2.75) is 46.6 Å². The molecular formula is C42H42N2. The lowest BCUT2D eigenvalue weighted by atomic mass is 9.70. The Morgan fingerprint density at radius 1 is 0.795 bits per heavy atom. The van der Waals surface area contributed by atoms with Crippen LogP contribution in [0, 0.1) is 12.3 Å². The number of aryl methyl sites for hydroxylation is 1. The molecule has 0 spiro atoms. The third-order valence-electron chi connectivity index (χ3n) is 9.16. The van der Waals surface area contributed by atoms with Crippen LogP contribution in [0.15, 0.2) is 155 Å². The van der Waals surface area contributed by atoms with Gasteiger partial charge >= 0.3 is 0 Å². The number of benzene rings is 4. The fourth-order valence-electron chi connectivity index (χ4n) is 6.54. The minimum Gasteiger partial charge on any atom is -0.348 e. The highest BCUT2D eigenvalue weighted by Gasteiger charge is 2.33. The minimum absolute atomic E-state index is 0.0812. The molecule has 2 nitrogen and oxygen atoms in total. The van der Waals surface area contributed by atoms with E-state index in [9.17, 15) is 0 Å². The zero-order chi connectivity index (χ0) is 30.5. The van der Waals surface area contributed by atoms with Crippen LogP contribution in [-0.2, 0) is 6.54 Å². The number of rotatable bonds is 8. The molecule has 0 aliphatic heterocycles. The van der Waals surface area contributed by atoms with E-state index in [2.05, 4.69) is 166 Å². The average Bonchev–Trinajstić information content (AvgIpc) is 3.07. The molecule has 6 rings (SSSR count). The molecule has 0 saturated carbocycles. The van der Waals surface area contributed by atoms with Gasteiger partial charge in [-0.2, -0.15) is 0 Å². The maximum absolute atomic E-state index is 5.10. The Balaban J connectivity index is 1.33. The Hall–Kier alpha value is -4.69. The van der Waals surface area contributed by atoms with Crippen LogP contribution >= 0.6 is 0 Å². The number of hydrogen-bond donors (Lipinski definition) is 0. The average molecular weight is 575 g/mol. The summed E-state index contributed by atoms with van der Waals surface area (Å²) in [6.45, 7) is 7.53. The van der Waals surface area contributed by atoms with Gasteiger partial charge in [-0.05, 0) is 78.7 Å². The molecule has 0 radical (unpaired) electrons. The summed E-state index contributed by atoms with van der Waals surface area (Å²) in [7, 11) is 2.23. The molecule has 44 heavy (non-hydrogen) atoms. The molecule has 0 bridgehead atoms. The van der Waals surface area contributed by atoms with Crippen molar-refractivity contribution in [3.05, 3.63) is 178 Å². The van der Waals surface area contributed by atoms with Crippen LogP contribution in [-0.4, -0.2) is 12.8 Å². The third-order valence-corrected chi connectivity index (χ3v) is 9.16. The van der Waals surface area contributed by atoms with Crippen molar-refractivity contribution in [3.8, 4) is 0 Å². The van der Waals surface area contributed by atoms with Crippen molar-refractivity contribution in [1.82, 2.24) is 0 Å². The zero-order valence-corrected chi connectivity index (χ0v) is 26.4. The van der Waals surface area contributed by atoms with E-state index in [1.807, 2.05) is 0 Å². The van der Waals surface area contributed by atoms with Gasteiger partial charge in [-0.3, -0.25) is 4.99 Å². The van der Waals surface area contributed by atoms with Crippen LogP contribution in [0.4, 0.5) is 5.69 Å². The first-order valence-corrected chi connectivity index (χ1v) is 15.8. The first kappa shape index (κ1) is 29.4. The summed E-state index contributed by atoms with van der Waals surface area (Å²) in [5.74, 6) is 0. The highest BCUT2D eigenvalue weighted by Crippen LogP contribution is 2.46. The fourth-order valence-corrected chi connectivity index (χ4v) is 6.54. The molecule has 2 heteroatoms. The van der Waals surface area contributed by atoms with Crippen LogP contribution in [0.5, 0.6) is 0 Å². The van der Waals surface area contributed by atoms with Gasteiger partial charge in [0.2, 0.25) is 0 Å². The lowest BCUT2D eigenvalue weighted by Gasteiger charge is -2.38. The van der Waals surface area contributed by atoms with Crippen LogP contribution < -0.4 is 4.90 Å². The van der Waals surface area contributed by atoms with Gasteiger partial charge in [-0.15, -0.1) is 0 Å². The van der Waals surface area contributed by atoms with Gasteiger partial charge in [-0.1, -0.05) is 128 Å². The summed E-state index contributed by atoms with van der Waals surface area (Å²) in [6.07, 6.45) is 12.8. The first-order chi connectivity index (χ1) is 21.4. The van der Waals surface area contributed by atoms with E-state index in [-0.39, 0.29) is 5.41 Å². The number of anilines is 1. The second-order valence-electron chi connectivity index (χ2n) is 12.3. The first-order valence-electron chi connectivity index (χ1n) is 15.8. The van der Waals surface area contributed by atoms with Crippen molar-refractivity contribution in [1.29, 1.82) is 0 Å². The molecule has 2 aliphatic carbocycles. The number of allylic oxidation sites excluding steroid dienone is 8. The molecule has 4 aromatic rings. The molecule has 1 atom stereocenters. The summed E-state index contributed by atoms with van der Waals surface area (Å²) in [5.41, 5.74) is 13.8. The lowest BCUT2D eigenvalue weighted by molar-refractivity contribution is 0.517. The number of nitrogens with zero attached hydrogens (tertiary/aromatic N) is 2. The molecule has 1 unspecified atom stereocenters. The molecule has 4 aromatic carbocycles. The van der Waals surface area contributed by atoms with Gasteiger partial charge in [0, 0.05) is 35.0 Å². The van der Waals surface area contributed by atoms with E-state index in [0.717, 1.165) is 36.1 Å².